The van der Waals surface area contributed by atoms with E-state index in [9.17, 15) is 24.5 Å². The minimum atomic E-state index is -1.17. The Bertz CT molecular complexity index is 1400. The van der Waals surface area contributed by atoms with Gasteiger partial charge < -0.3 is 4.74 Å². The van der Waals surface area contributed by atoms with Gasteiger partial charge in [0.25, 0.3) is 11.6 Å². The summed E-state index contributed by atoms with van der Waals surface area (Å²) in [6.45, 7) is 3.52. The summed E-state index contributed by atoms with van der Waals surface area (Å²) in [5, 5.41) is 13.1. The van der Waals surface area contributed by atoms with Crippen LogP contribution in [0.3, 0.4) is 0 Å². The van der Waals surface area contributed by atoms with E-state index in [2.05, 4.69) is 0 Å². The zero-order valence-corrected chi connectivity index (χ0v) is 20.4. The Hall–Kier alpha value is -4.09. The van der Waals surface area contributed by atoms with Gasteiger partial charge in [-0.3, -0.25) is 24.5 Å². The summed E-state index contributed by atoms with van der Waals surface area (Å²) >= 11 is 1.15. The first-order chi connectivity index (χ1) is 17.2. The van der Waals surface area contributed by atoms with Crippen molar-refractivity contribution in [1.29, 1.82) is 0 Å². The molecule has 0 aliphatic carbocycles. The van der Waals surface area contributed by atoms with Crippen molar-refractivity contribution < 1.29 is 28.9 Å². The molecule has 2 aliphatic rings. The summed E-state index contributed by atoms with van der Waals surface area (Å²) in [5.74, 6) is -2.80. The van der Waals surface area contributed by atoms with Gasteiger partial charge in [0.05, 0.1) is 29.3 Å². The number of nitrogens with zero attached hydrogens (tertiary/aromatic N) is 3. The Morgan fingerprint density at radius 2 is 1.81 bits per heavy atom. The third kappa shape index (κ3) is 3.55. The molecule has 2 aromatic carbocycles. The maximum absolute atomic E-state index is 13.9. The zero-order valence-electron chi connectivity index (χ0n) is 19.5. The highest BCUT2D eigenvalue weighted by molar-refractivity contribution is 7.17. The standard InChI is InChI=1S/C25H21N3O7S/c1-13-14(2)36-24(18(13)25(31)34-3)26-22(29)19-20(15-8-7-11-17(12-15)28(32)33)27(35-21(19)23(26)30)16-9-5-4-6-10-16/h4-12,19-21H,1-3H3/t19-,20-,21+/m0/s1. The SMILES string of the molecule is COC(=O)c1c(N2C(=O)[C@@H]3[C@@H](ON(c4ccccc4)[C@H]3c3cccc([N+](=O)[O-])c3)C2=O)sc(C)c1C. The number of carbonyl (C=O) groups excluding carboxylic acids is 3. The molecule has 2 aliphatic heterocycles. The van der Waals surface area contributed by atoms with Gasteiger partial charge in [-0.25, -0.2) is 14.8 Å². The number of amides is 2. The molecular formula is C25H21N3O7S. The summed E-state index contributed by atoms with van der Waals surface area (Å²) in [7, 11) is 1.24. The lowest BCUT2D eigenvalue weighted by molar-refractivity contribution is -0.384. The highest BCUT2D eigenvalue weighted by Gasteiger charge is 2.61. The van der Waals surface area contributed by atoms with E-state index in [1.54, 1.807) is 44.2 Å². The Kier molecular flexibility index (Phi) is 5.81. The number of nitro groups is 1. The van der Waals surface area contributed by atoms with Crippen LogP contribution in [0.25, 0.3) is 0 Å². The first-order valence-electron chi connectivity index (χ1n) is 11.1. The Morgan fingerprint density at radius 1 is 1.08 bits per heavy atom. The Labute approximate surface area is 209 Å². The molecule has 0 bridgehead atoms. The molecule has 0 N–H and O–H groups in total. The van der Waals surface area contributed by atoms with Crippen molar-refractivity contribution in [1.82, 2.24) is 0 Å². The summed E-state index contributed by atoms with van der Waals surface area (Å²) in [4.78, 5) is 58.8. The average molecular weight is 508 g/mol. The quantitative estimate of drug-likeness (QED) is 0.219. The summed E-state index contributed by atoms with van der Waals surface area (Å²) in [6, 6.07) is 14.0. The maximum Gasteiger partial charge on any atom is 0.341 e. The lowest BCUT2D eigenvalue weighted by Crippen LogP contribution is -2.37. The number of hydrogen-bond acceptors (Lipinski definition) is 9. The monoisotopic (exact) mass is 507 g/mol. The Morgan fingerprint density at radius 3 is 2.47 bits per heavy atom. The number of hydroxylamine groups is 1. The van der Waals surface area contributed by atoms with Gasteiger partial charge in [-0.1, -0.05) is 30.3 Å². The van der Waals surface area contributed by atoms with Crippen molar-refractivity contribution in [3.8, 4) is 0 Å². The second kappa shape index (κ2) is 8.85. The van der Waals surface area contributed by atoms with E-state index in [1.165, 1.54) is 30.4 Å². The molecule has 36 heavy (non-hydrogen) atoms. The number of imide groups is 1. The third-order valence-electron chi connectivity index (χ3n) is 6.51. The number of anilines is 2. The number of rotatable bonds is 5. The van der Waals surface area contributed by atoms with Gasteiger partial charge in [0, 0.05) is 17.0 Å². The molecule has 0 saturated carbocycles. The highest BCUT2D eigenvalue weighted by Crippen LogP contribution is 2.49. The molecular weight excluding hydrogens is 486 g/mol. The number of carbonyl (C=O) groups is 3. The van der Waals surface area contributed by atoms with Crippen LogP contribution in [-0.4, -0.2) is 35.9 Å². The first-order valence-corrected chi connectivity index (χ1v) is 11.9. The minimum Gasteiger partial charge on any atom is -0.465 e. The molecule has 0 radical (unpaired) electrons. The van der Waals surface area contributed by atoms with Gasteiger partial charge >= 0.3 is 5.97 Å². The van der Waals surface area contributed by atoms with Crippen LogP contribution in [0, 0.1) is 29.9 Å². The molecule has 10 nitrogen and oxygen atoms in total. The number of fused-ring (bicyclic) bond motifs is 1. The fraction of sp³-hybridized carbons (Fsp3) is 0.240. The summed E-state index contributed by atoms with van der Waals surface area (Å²) < 4.78 is 4.91. The molecule has 2 saturated heterocycles. The average Bonchev–Trinajstić information content (AvgIpc) is 3.49. The van der Waals surface area contributed by atoms with Crippen LogP contribution in [-0.2, 0) is 19.2 Å². The van der Waals surface area contributed by atoms with E-state index in [0.717, 1.165) is 21.1 Å². The predicted molar refractivity (Wildman–Crippen MR) is 131 cm³/mol. The number of esters is 1. The molecule has 3 heterocycles. The van der Waals surface area contributed by atoms with Crippen LogP contribution in [0.5, 0.6) is 0 Å². The highest BCUT2D eigenvalue weighted by atomic mass is 32.1. The second-order valence-corrected chi connectivity index (χ2v) is 9.68. The van der Waals surface area contributed by atoms with E-state index in [-0.39, 0.29) is 16.3 Å². The molecule has 11 heteroatoms. The number of ether oxygens (including phenoxy) is 1. The third-order valence-corrected chi connectivity index (χ3v) is 7.70. The van der Waals surface area contributed by atoms with Crippen molar-refractivity contribution >= 4 is 45.5 Å². The van der Waals surface area contributed by atoms with E-state index in [1.807, 2.05) is 6.07 Å². The molecule has 5 rings (SSSR count). The van der Waals surface area contributed by atoms with Crippen LogP contribution < -0.4 is 9.96 Å². The van der Waals surface area contributed by atoms with Gasteiger partial charge in [-0.2, -0.15) is 0 Å². The number of nitro benzene ring substituents is 1. The summed E-state index contributed by atoms with van der Waals surface area (Å²) in [5.41, 5.74) is 1.69. The van der Waals surface area contributed by atoms with E-state index >= 15 is 0 Å². The van der Waals surface area contributed by atoms with E-state index in [0.29, 0.717) is 16.8 Å². The number of benzene rings is 2. The lowest BCUT2D eigenvalue weighted by atomic mass is 9.90. The van der Waals surface area contributed by atoms with Crippen molar-refractivity contribution in [2.24, 2.45) is 5.92 Å². The topological polar surface area (TPSA) is 119 Å². The van der Waals surface area contributed by atoms with Crippen LogP contribution in [0.2, 0.25) is 0 Å². The van der Waals surface area contributed by atoms with E-state index in [4.69, 9.17) is 9.57 Å². The molecule has 2 fully saturated rings. The van der Waals surface area contributed by atoms with Gasteiger partial charge in [-0.05, 0) is 37.1 Å². The molecule has 3 atom stereocenters. The fourth-order valence-electron chi connectivity index (χ4n) is 4.68. The van der Waals surface area contributed by atoms with Crippen molar-refractivity contribution in [3.63, 3.8) is 0 Å². The number of hydrogen-bond donors (Lipinski definition) is 0. The lowest BCUT2D eigenvalue weighted by Gasteiger charge is -2.28. The molecule has 0 spiro atoms. The van der Waals surface area contributed by atoms with Crippen LogP contribution in [0.4, 0.5) is 16.4 Å². The number of aryl methyl sites for hydroxylation is 1. The van der Waals surface area contributed by atoms with Crippen LogP contribution in [0.1, 0.15) is 32.4 Å². The molecule has 2 amide bonds. The van der Waals surface area contributed by atoms with Crippen LogP contribution >= 0.6 is 11.3 Å². The second-order valence-electron chi connectivity index (χ2n) is 8.48. The van der Waals surface area contributed by atoms with Crippen molar-refractivity contribution in [2.45, 2.75) is 26.0 Å². The van der Waals surface area contributed by atoms with Crippen molar-refractivity contribution in [2.75, 3.05) is 17.1 Å². The number of thiophene rings is 1. The van der Waals surface area contributed by atoms with Crippen molar-refractivity contribution in [3.05, 3.63) is 86.3 Å². The Balaban J connectivity index is 1.63. The number of non-ortho nitro benzene ring substituents is 1. The molecule has 3 aromatic rings. The predicted octanol–water partition coefficient (Wildman–Crippen LogP) is 4.11. The van der Waals surface area contributed by atoms with Gasteiger partial charge in [0.1, 0.15) is 10.9 Å². The first kappa shape index (κ1) is 23.6. The van der Waals surface area contributed by atoms with Crippen LogP contribution in [0.15, 0.2) is 54.6 Å². The van der Waals surface area contributed by atoms with Gasteiger partial charge in [0.15, 0.2) is 6.10 Å². The molecule has 184 valence electrons. The normalized spacial score (nSPS) is 21.1. The van der Waals surface area contributed by atoms with E-state index < -0.39 is 40.8 Å². The largest absolute Gasteiger partial charge is 0.465 e. The van der Waals surface area contributed by atoms with Gasteiger partial charge in [0.2, 0.25) is 5.91 Å². The number of para-hydroxylation sites is 1. The fourth-order valence-corrected chi connectivity index (χ4v) is 5.84. The molecule has 1 aromatic heterocycles. The maximum atomic E-state index is 13.9. The molecule has 0 unspecified atom stereocenters. The number of methoxy groups -OCH3 is 1. The summed E-state index contributed by atoms with van der Waals surface area (Å²) in [6.07, 6.45) is -1.17. The van der Waals surface area contributed by atoms with Gasteiger partial charge in [-0.15, -0.1) is 11.3 Å². The smallest absolute Gasteiger partial charge is 0.341 e. The zero-order chi connectivity index (χ0) is 25.7. The minimum absolute atomic E-state index is 0.143.